The predicted octanol–water partition coefficient (Wildman–Crippen LogP) is 4.41. The Hall–Kier alpha value is -0.740. The summed E-state index contributed by atoms with van der Waals surface area (Å²) in [5.74, 6) is 1.20. The van der Waals surface area contributed by atoms with Crippen LogP contribution in [0.15, 0.2) is 23.2 Å². The molecule has 2 rings (SSSR count). The van der Waals surface area contributed by atoms with Crippen LogP contribution in [0.5, 0.6) is 0 Å². The molecule has 1 aromatic rings. The minimum absolute atomic E-state index is 0.127. The maximum absolute atomic E-state index is 13.0. The van der Waals surface area contributed by atoms with Gasteiger partial charge >= 0.3 is 0 Å². The minimum atomic E-state index is -0.402. The number of hydrogen-bond donors (Lipinski definition) is 1. The van der Waals surface area contributed by atoms with Crippen molar-refractivity contribution < 1.29 is 4.39 Å². The average Bonchev–Trinajstić information content (AvgIpc) is 2.34. The maximum Gasteiger partial charge on any atom is 0.161 e. The van der Waals surface area contributed by atoms with E-state index in [0.29, 0.717) is 12.0 Å². The lowest BCUT2D eigenvalue weighted by Crippen LogP contribution is -2.23. The molecule has 1 aliphatic rings. The molecule has 1 aromatic carbocycles. The smallest absolute Gasteiger partial charge is 0.161 e. The van der Waals surface area contributed by atoms with Crippen LogP contribution >= 0.6 is 23.4 Å². The second kappa shape index (κ2) is 5.93. The zero-order chi connectivity index (χ0) is 13.1. The lowest BCUT2D eigenvalue weighted by atomic mass is 10.0. The molecule has 1 unspecified atom stereocenters. The first-order valence-electron chi connectivity index (χ1n) is 5.99. The number of hydrogen-bond acceptors (Lipinski definition) is 3. The summed E-state index contributed by atoms with van der Waals surface area (Å²) in [6.45, 7) is 4.35. The summed E-state index contributed by atoms with van der Waals surface area (Å²) in [6, 6.07) is 4.98. The van der Waals surface area contributed by atoms with Gasteiger partial charge < -0.3 is 5.32 Å². The first-order chi connectivity index (χ1) is 8.56. The van der Waals surface area contributed by atoms with E-state index in [1.807, 2.05) is 0 Å². The van der Waals surface area contributed by atoms with Crippen molar-refractivity contribution in [3.05, 3.63) is 29.0 Å². The Morgan fingerprint density at radius 3 is 2.94 bits per heavy atom. The van der Waals surface area contributed by atoms with Crippen molar-refractivity contribution in [3.63, 3.8) is 0 Å². The quantitative estimate of drug-likeness (QED) is 0.871. The van der Waals surface area contributed by atoms with Crippen molar-refractivity contribution in [2.45, 2.75) is 26.3 Å². The summed E-state index contributed by atoms with van der Waals surface area (Å²) >= 11 is 7.44. The van der Waals surface area contributed by atoms with Gasteiger partial charge in [-0.3, -0.25) is 4.99 Å². The fraction of sp³-hybridized carbons (Fsp3) is 0.462. The van der Waals surface area contributed by atoms with Crippen molar-refractivity contribution in [2.24, 2.45) is 10.9 Å². The van der Waals surface area contributed by atoms with Gasteiger partial charge in [0.1, 0.15) is 5.82 Å². The first-order valence-corrected chi connectivity index (χ1v) is 7.35. The number of nitrogens with zero attached hydrogens (tertiary/aromatic N) is 1. The molecule has 0 aromatic heterocycles. The van der Waals surface area contributed by atoms with Crippen LogP contribution in [0, 0.1) is 11.7 Å². The van der Waals surface area contributed by atoms with Crippen LogP contribution in [0.2, 0.25) is 5.02 Å². The molecule has 0 saturated carbocycles. The van der Waals surface area contributed by atoms with E-state index in [0.717, 1.165) is 23.0 Å². The maximum atomic E-state index is 13.0. The Morgan fingerprint density at radius 1 is 1.50 bits per heavy atom. The molecule has 0 saturated heterocycles. The normalized spacial score (nSPS) is 19.8. The number of nitrogens with one attached hydrogen (secondary N) is 1. The van der Waals surface area contributed by atoms with E-state index < -0.39 is 5.82 Å². The third kappa shape index (κ3) is 3.39. The highest BCUT2D eigenvalue weighted by Crippen LogP contribution is 2.25. The Kier molecular flexibility index (Phi) is 4.51. The second-order valence-corrected chi connectivity index (χ2v) is 6.13. The van der Waals surface area contributed by atoms with Gasteiger partial charge in [0.2, 0.25) is 0 Å². The van der Waals surface area contributed by atoms with E-state index in [2.05, 4.69) is 24.2 Å². The molecule has 0 aliphatic carbocycles. The van der Waals surface area contributed by atoms with Crippen LogP contribution in [-0.4, -0.2) is 17.0 Å². The Bertz CT molecular complexity index is 462. The van der Waals surface area contributed by atoms with Crippen LogP contribution in [-0.2, 0) is 0 Å². The van der Waals surface area contributed by atoms with E-state index >= 15 is 0 Å². The molecule has 1 atom stereocenters. The zero-order valence-corrected chi connectivity index (χ0v) is 12.0. The van der Waals surface area contributed by atoms with Crippen molar-refractivity contribution in [1.82, 2.24) is 0 Å². The highest BCUT2D eigenvalue weighted by molar-refractivity contribution is 8.14. The number of thioether (sulfide) groups is 1. The van der Waals surface area contributed by atoms with E-state index in [9.17, 15) is 4.39 Å². The molecular formula is C13H16ClFN2S. The molecule has 0 radical (unpaired) electrons. The molecule has 0 spiro atoms. The molecule has 1 N–H and O–H groups in total. The number of rotatable bonds is 2. The van der Waals surface area contributed by atoms with E-state index in [-0.39, 0.29) is 5.02 Å². The molecule has 0 fully saturated rings. The summed E-state index contributed by atoms with van der Waals surface area (Å²) < 4.78 is 13.0. The monoisotopic (exact) mass is 286 g/mol. The van der Waals surface area contributed by atoms with Gasteiger partial charge in [0.15, 0.2) is 5.17 Å². The van der Waals surface area contributed by atoms with Crippen LogP contribution < -0.4 is 5.32 Å². The third-order valence-electron chi connectivity index (χ3n) is 2.88. The predicted molar refractivity (Wildman–Crippen MR) is 78.2 cm³/mol. The lowest BCUT2D eigenvalue weighted by molar-refractivity contribution is 0.485. The summed E-state index contributed by atoms with van der Waals surface area (Å²) in [6.07, 6.45) is 1.11. The molecule has 1 heterocycles. The van der Waals surface area contributed by atoms with Gasteiger partial charge in [-0.15, -0.1) is 0 Å². The number of benzene rings is 1. The first kappa shape index (κ1) is 13.7. The molecule has 1 aliphatic heterocycles. The second-order valence-electron chi connectivity index (χ2n) is 4.64. The van der Waals surface area contributed by atoms with E-state index in [1.54, 1.807) is 23.9 Å². The number of aliphatic imine (C=N–C) groups is 1. The molecule has 0 bridgehead atoms. The summed E-state index contributed by atoms with van der Waals surface area (Å²) in [7, 11) is 0. The van der Waals surface area contributed by atoms with Gasteiger partial charge in [-0.1, -0.05) is 37.2 Å². The SMILES string of the molecule is CC(C)C1CCSC(Nc2ccc(F)c(Cl)c2)=N1. The topological polar surface area (TPSA) is 24.4 Å². The van der Waals surface area contributed by atoms with Gasteiger partial charge in [0.05, 0.1) is 11.1 Å². The van der Waals surface area contributed by atoms with Gasteiger partial charge in [-0.25, -0.2) is 4.39 Å². The van der Waals surface area contributed by atoms with E-state index in [4.69, 9.17) is 11.6 Å². The number of amidine groups is 1. The van der Waals surface area contributed by atoms with Gasteiger partial charge in [-0.2, -0.15) is 0 Å². The van der Waals surface area contributed by atoms with Gasteiger partial charge in [0.25, 0.3) is 0 Å². The van der Waals surface area contributed by atoms with Crippen LogP contribution in [0.4, 0.5) is 10.1 Å². The molecule has 5 heteroatoms. The number of anilines is 1. The van der Waals surface area contributed by atoms with E-state index in [1.165, 1.54) is 6.07 Å². The molecule has 0 amide bonds. The molecule has 18 heavy (non-hydrogen) atoms. The fourth-order valence-electron chi connectivity index (χ4n) is 1.78. The average molecular weight is 287 g/mol. The highest BCUT2D eigenvalue weighted by atomic mass is 35.5. The fourth-order valence-corrected chi connectivity index (χ4v) is 2.91. The van der Waals surface area contributed by atoms with Crippen molar-refractivity contribution in [3.8, 4) is 0 Å². The Balaban J connectivity index is 2.10. The van der Waals surface area contributed by atoms with Crippen LogP contribution in [0.1, 0.15) is 20.3 Å². The van der Waals surface area contributed by atoms with Crippen molar-refractivity contribution >= 4 is 34.2 Å². The van der Waals surface area contributed by atoms with Crippen molar-refractivity contribution in [1.29, 1.82) is 0 Å². The van der Waals surface area contributed by atoms with Gasteiger partial charge in [-0.05, 0) is 30.5 Å². The Labute approximate surface area is 116 Å². The standard InChI is InChI=1S/C13H16ClFN2S/c1-8(2)12-5-6-18-13(17-12)16-9-3-4-11(15)10(14)7-9/h3-4,7-8,12H,5-6H2,1-2H3,(H,16,17). The summed E-state index contributed by atoms with van der Waals surface area (Å²) in [5.41, 5.74) is 0.775. The molecule has 98 valence electrons. The lowest BCUT2D eigenvalue weighted by Gasteiger charge is -2.23. The summed E-state index contributed by atoms with van der Waals surface area (Å²) in [4.78, 5) is 4.66. The van der Waals surface area contributed by atoms with Crippen LogP contribution in [0.25, 0.3) is 0 Å². The largest absolute Gasteiger partial charge is 0.335 e. The number of halogens is 2. The zero-order valence-electron chi connectivity index (χ0n) is 10.4. The summed E-state index contributed by atoms with van der Waals surface area (Å²) in [5, 5.41) is 4.21. The minimum Gasteiger partial charge on any atom is -0.335 e. The van der Waals surface area contributed by atoms with Crippen LogP contribution in [0.3, 0.4) is 0 Å². The molecule has 2 nitrogen and oxygen atoms in total. The van der Waals surface area contributed by atoms with Crippen molar-refractivity contribution in [2.75, 3.05) is 11.1 Å². The molecular weight excluding hydrogens is 271 g/mol. The van der Waals surface area contributed by atoms with Gasteiger partial charge in [0, 0.05) is 11.4 Å². The Morgan fingerprint density at radius 2 is 2.28 bits per heavy atom. The highest BCUT2D eigenvalue weighted by Gasteiger charge is 2.18. The third-order valence-corrected chi connectivity index (χ3v) is 4.09.